The fourth-order valence-corrected chi connectivity index (χ4v) is 4.50. The number of aliphatic hydroxyl groups is 1. The summed E-state index contributed by atoms with van der Waals surface area (Å²) in [5, 5.41) is 11.2. The number of nitrogens with zero attached hydrogens (tertiary/aromatic N) is 1. The molecule has 5 heteroatoms. The van der Waals surface area contributed by atoms with E-state index in [1.807, 2.05) is 72.8 Å². The van der Waals surface area contributed by atoms with Gasteiger partial charge in [-0.3, -0.25) is 4.98 Å². The van der Waals surface area contributed by atoms with Crippen molar-refractivity contribution in [1.29, 1.82) is 0 Å². The predicted octanol–water partition coefficient (Wildman–Crippen LogP) is 6.75. The van der Waals surface area contributed by atoms with Crippen molar-refractivity contribution in [1.82, 2.24) is 4.98 Å². The number of methoxy groups -OCH3 is 3. The Kier molecular flexibility index (Phi) is 6.56. The molecule has 0 spiro atoms. The highest BCUT2D eigenvalue weighted by Gasteiger charge is 2.17. The number of rotatable bonds is 7. The Morgan fingerprint density at radius 1 is 0.611 bits per heavy atom. The number of ether oxygens (including phenoxy) is 3. The smallest absolute Gasteiger partial charge is 0.118 e. The lowest BCUT2D eigenvalue weighted by molar-refractivity contribution is 0.282. The van der Waals surface area contributed by atoms with Gasteiger partial charge in [-0.2, -0.15) is 0 Å². The van der Waals surface area contributed by atoms with Crippen molar-refractivity contribution in [3.8, 4) is 50.6 Å². The third kappa shape index (κ3) is 4.37. The quantitative estimate of drug-likeness (QED) is 0.281. The van der Waals surface area contributed by atoms with Crippen molar-refractivity contribution in [3.05, 3.63) is 96.7 Å². The molecule has 0 aliphatic heterocycles. The van der Waals surface area contributed by atoms with E-state index in [0.29, 0.717) is 0 Å². The maximum Gasteiger partial charge on any atom is 0.118 e. The molecule has 1 aromatic heterocycles. The Bertz CT molecular complexity index is 1490. The molecule has 36 heavy (non-hydrogen) atoms. The summed E-state index contributed by atoms with van der Waals surface area (Å²) < 4.78 is 16.1. The van der Waals surface area contributed by atoms with Gasteiger partial charge in [-0.1, -0.05) is 36.4 Å². The Labute approximate surface area is 210 Å². The van der Waals surface area contributed by atoms with Crippen LogP contribution in [0.25, 0.3) is 44.3 Å². The zero-order valence-corrected chi connectivity index (χ0v) is 20.5. The van der Waals surface area contributed by atoms with Gasteiger partial charge in [-0.15, -0.1) is 0 Å². The van der Waals surface area contributed by atoms with Gasteiger partial charge in [0.2, 0.25) is 0 Å². The molecule has 0 fully saturated rings. The molecule has 0 aliphatic rings. The number of fused-ring (bicyclic) bond motifs is 1. The van der Waals surface area contributed by atoms with Crippen LogP contribution in [0.4, 0.5) is 0 Å². The van der Waals surface area contributed by atoms with Gasteiger partial charge in [0.15, 0.2) is 0 Å². The van der Waals surface area contributed by atoms with Crippen molar-refractivity contribution in [2.45, 2.75) is 6.61 Å². The minimum Gasteiger partial charge on any atom is -0.497 e. The van der Waals surface area contributed by atoms with Crippen LogP contribution in [0.1, 0.15) is 5.56 Å². The Morgan fingerprint density at radius 2 is 1.11 bits per heavy atom. The van der Waals surface area contributed by atoms with Crippen LogP contribution in [0.2, 0.25) is 0 Å². The number of aliphatic hydroxyl groups excluding tert-OH is 1. The maximum atomic E-state index is 10.2. The molecule has 0 unspecified atom stereocenters. The maximum absolute atomic E-state index is 10.2. The lowest BCUT2D eigenvalue weighted by Crippen LogP contribution is -1.97. The molecule has 5 rings (SSSR count). The Morgan fingerprint density at radius 3 is 1.61 bits per heavy atom. The highest BCUT2D eigenvalue weighted by Crippen LogP contribution is 2.40. The first-order valence-corrected chi connectivity index (χ1v) is 11.6. The van der Waals surface area contributed by atoms with Crippen molar-refractivity contribution in [2.75, 3.05) is 21.3 Å². The summed E-state index contributed by atoms with van der Waals surface area (Å²) in [6.45, 7) is -0.116. The monoisotopic (exact) mass is 477 g/mol. The second-order valence-electron chi connectivity index (χ2n) is 8.42. The molecule has 1 heterocycles. The van der Waals surface area contributed by atoms with Gasteiger partial charge >= 0.3 is 0 Å². The van der Waals surface area contributed by atoms with Gasteiger partial charge in [-0.25, -0.2) is 0 Å². The van der Waals surface area contributed by atoms with E-state index in [0.717, 1.165) is 67.1 Å². The lowest BCUT2D eigenvalue weighted by Gasteiger charge is -2.17. The summed E-state index contributed by atoms with van der Waals surface area (Å²) in [4.78, 5) is 4.82. The van der Waals surface area contributed by atoms with Crippen LogP contribution in [-0.2, 0) is 6.61 Å². The van der Waals surface area contributed by atoms with E-state index in [-0.39, 0.29) is 6.61 Å². The minimum atomic E-state index is -0.116. The van der Waals surface area contributed by atoms with Crippen molar-refractivity contribution in [2.24, 2.45) is 0 Å². The molecule has 0 atom stereocenters. The fourth-order valence-electron chi connectivity index (χ4n) is 4.50. The summed E-state index contributed by atoms with van der Waals surface area (Å²) in [5.74, 6) is 2.38. The highest BCUT2D eigenvalue weighted by atomic mass is 16.5. The van der Waals surface area contributed by atoms with Gasteiger partial charge in [0, 0.05) is 22.7 Å². The van der Waals surface area contributed by atoms with Gasteiger partial charge in [0.25, 0.3) is 0 Å². The third-order valence-electron chi connectivity index (χ3n) is 6.42. The summed E-state index contributed by atoms with van der Waals surface area (Å²) >= 11 is 0. The molecule has 1 N–H and O–H groups in total. The molecule has 4 aromatic carbocycles. The Balaban J connectivity index is 1.81. The molecular weight excluding hydrogens is 450 g/mol. The van der Waals surface area contributed by atoms with Gasteiger partial charge in [-0.05, 0) is 76.3 Å². The summed E-state index contributed by atoms with van der Waals surface area (Å²) in [7, 11) is 4.97. The number of aromatic nitrogens is 1. The highest BCUT2D eigenvalue weighted by molar-refractivity contribution is 6.05. The zero-order valence-electron chi connectivity index (χ0n) is 20.5. The van der Waals surface area contributed by atoms with Crippen LogP contribution in [0.3, 0.4) is 0 Å². The Hall–Kier alpha value is -4.35. The van der Waals surface area contributed by atoms with E-state index < -0.39 is 0 Å². The fraction of sp³-hybridized carbons (Fsp3) is 0.129. The first-order valence-electron chi connectivity index (χ1n) is 11.6. The van der Waals surface area contributed by atoms with Crippen molar-refractivity contribution >= 4 is 10.9 Å². The summed E-state index contributed by atoms with van der Waals surface area (Å²) in [6.07, 6.45) is 1.77. The van der Waals surface area contributed by atoms with Gasteiger partial charge in [0.05, 0.1) is 33.5 Å². The average Bonchev–Trinajstić information content (AvgIpc) is 2.96. The molecule has 5 nitrogen and oxygen atoms in total. The number of hydrogen-bond acceptors (Lipinski definition) is 5. The lowest BCUT2D eigenvalue weighted by atomic mass is 9.90. The molecule has 0 bridgehead atoms. The molecule has 5 aromatic rings. The predicted molar refractivity (Wildman–Crippen MR) is 144 cm³/mol. The topological polar surface area (TPSA) is 60.8 Å². The van der Waals surface area contributed by atoms with Crippen molar-refractivity contribution in [3.63, 3.8) is 0 Å². The molecular formula is C31H27NO4. The molecule has 0 aliphatic carbocycles. The second kappa shape index (κ2) is 10.1. The van der Waals surface area contributed by atoms with Crippen LogP contribution in [-0.4, -0.2) is 31.4 Å². The van der Waals surface area contributed by atoms with Crippen molar-refractivity contribution < 1.29 is 19.3 Å². The largest absolute Gasteiger partial charge is 0.497 e. The molecule has 0 radical (unpaired) electrons. The number of benzene rings is 4. The standard InChI is InChI=1S/C31H27NO4/c1-34-25-10-4-20(5-11-25)23-16-28(21-6-12-26(35-2)13-7-21)31-29(17-23)30(24(19-33)18-32-31)22-8-14-27(36-3)15-9-22/h4-18,33H,19H2,1-3H3. The van der Waals surface area contributed by atoms with E-state index in [1.54, 1.807) is 27.5 Å². The molecule has 0 saturated carbocycles. The second-order valence-corrected chi connectivity index (χ2v) is 8.42. The van der Waals surface area contributed by atoms with E-state index >= 15 is 0 Å². The SMILES string of the molecule is COc1ccc(-c2cc(-c3ccc(OC)cc3)c3ncc(CO)c(-c4ccc(OC)cc4)c3c2)cc1. The van der Waals surface area contributed by atoms with E-state index in [1.165, 1.54) is 0 Å². The van der Waals surface area contributed by atoms with Gasteiger partial charge < -0.3 is 19.3 Å². The van der Waals surface area contributed by atoms with Crippen LogP contribution in [0, 0.1) is 0 Å². The first-order chi connectivity index (χ1) is 17.6. The van der Waals surface area contributed by atoms with Crippen LogP contribution < -0.4 is 14.2 Å². The zero-order chi connectivity index (χ0) is 25.1. The van der Waals surface area contributed by atoms with E-state index in [2.05, 4.69) is 12.1 Å². The summed E-state index contributed by atoms with van der Waals surface area (Å²) in [6, 6.07) is 28.2. The molecule has 180 valence electrons. The van der Waals surface area contributed by atoms with E-state index in [4.69, 9.17) is 19.2 Å². The van der Waals surface area contributed by atoms with E-state index in [9.17, 15) is 5.11 Å². The first kappa shape index (κ1) is 23.4. The molecule has 0 amide bonds. The normalized spacial score (nSPS) is 10.9. The third-order valence-corrected chi connectivity index (χ3v) is 6.42. The minimum absolute atomic E-state index is 0.116. The van der Waals surface area contributed by atoms with Crippen LogP contribution >= 0.6 is 0 Å². The molecule has 0 saturated heterocycles. The number of hydrogen-bond donors (Lipinski definition) is 1. The van der Waals surface area contributed by atoms with Gasteiger partial charge in [0.1, 0.15) is 17.2 Å². The summed E-state index contributed by atoms with van der Waals surface area (Å²) in [5.41, 5.74) is 7.70. The average molecular weight is 478 g/mol. The number of pyridine rings is 1. The van der Waals surface area contributed by atoms with Crippen LogP contribution in [0.5, 0.6) is 17.2 Å². The van der Waals surface area contributed by atoms with Crippen LogP contribution in [0.15, 0.2) is 91.1 Å².